The minimum absolute atomic E-state index is 0.347. The van der Waals surface area contributed by atoms with Crippen LogP contribution in [0.3, 0.4) is 0 Å². The third-order valence-electron chi connectivity index (χ3n) is 9.55. The Morgan fingerprint density at radius 2 is 1.07 bits per heavy atom. The molecule has 0 spiro atoms. The van der Waals surface area contributed by atoms with Crippen LogP contribution in [0.1, 0.15) is 36.5 Å². The van der Waals surface area contributed by atoms with Gasteiger partial charge in [0.05, 0.1) is 5.69 Å². The number of benzene rings is 6. The maximum atomic E-state index is 2.51. The van der Waals surface area contributed by atoms with E-state index < -0.39 is 0 Å². The number of hydrogen-bond acceptors (Lipinski definition) is 2. The van der Waals surface area contributed by atoms with Gasteiger partial charge >= 0.3 is 0 Å². The molecule has 2 nitrogen and oxygen atoms in total. The van der Waals surface area contributed by atoms with E-state index in [9.17, 15) is 0 Å². The van der Waals surface area contributed by atoms with E-state index in [0.717, 1.165) is 29.9 Å². The van der Waals surface area contributed by atoms with E-state index >= 15 is 0 Å². The molecule has 0 N–H and O–H groups in total. The van der Waals surface area contributed by atoms with Gasteiger partial charge < -0.3 is 9.80 Å². The number of hydrogen-bond donors (Lipinski definition) is 0. The van der Waals surface area contributed by atoms with Crippen molar-refractivity contribution >= 4 is 28.4 Å². The molecule has 222 valence electrons. The van der Waals surface area contributed by atoms with Crippen molar-refractivity contribution in [3.05, 3.63) is 198 Å². The second-order valence-electron chi connectivity index (χ2n) is 12.2. The van der Waals surface area contributed by atoms with Gasteiger partial charge in [0.2, 0.25) is 0 Å². The highest BCUT2D eigenvalue weighted by atomic mass is 15.2. The smallest absolute Gasteiger partial charge is 0.0561 e. The Morgan fingerprint density at radius 1 is 0.522 bits per heavy atom. The van der Waals surface area contributed by atoms with Crippen molar-refractivity contribution in [3.8, 4) is 11.1 Å². The number of rotatable bonds is 7. The zero-order valence-electron chi connectivity index (χ0n) is 26.1. The third kappa shape index (κ3) is 4.66. The highest BCUT2D eigenvalue weighted by Crippen LogP contribution is 2.58. The van der Waals surface area contributed by atoms with Gasteiger partial charge in [-0.1, -0.05) is 121 Å². The van der Waals surface area contributed by atoms with Crippen molar-refractivity contribution < 1.29 is 0 Å². The lowest BCUT2D eigenvalue weighted by Gasteiger charge is -2.35. The van der Waals surface area contributed by atoms with Crippen molar-refractivity contribution in [2.45, 2.75) is 25.2 Å². The molecule has 0 fully saturated rings. The molecule has 46 heavy (non-hydrogen) atoms. The van der Waals surface area contributed by atoms with Crippen LogP contribution in [0.25, 0.3) is 11.1 Å². The van der Waals surface area contributed by atoms with Gasteiger partial charge in [-0.15, -0.1) is 0 Å². The van der Waals surface area contributed by atoms with Gasteiger partial charge in [-0.3, -0.25) is 0 Å². The summed E-state index contributed by atoms with van der Waals surface area (Å²) in [5, 5.41) is 0. The predicted molar refractivity (Wildman–Crippen MR) is 194 cm³/mol. The van der Waals surface area contributed by atoms with E-state index in [2.05, 4.69) is 193 Å². The average molecular weight is 593 g/mol. The molecular formula is C44H36N2. The zero-order chi connectivity index (χ0) is 30.9. The predicted octanol–water partition coefficient (Wildman–Crippen LogP) is 11.9. The topological polar surface area (TPSA) is 6.48 Å². The first-order chi connectivity index (χ1) is 22.7. The van der Waals surface area contributed by atoms with Gasteiger partial charge in [-0.05, 0) is 96.6 Å². The van der Waals surface area contributed by atoms with Gasteiger partial charge in [-0.25, -0.2) is 0 Å². The highest BCUT2D eigenvalue weighted by molar-refractivity contribution is 5.97. The van der Waals surface area contributed by atoms with Gasteiger partial charge in [0.15, 0.2) is 0 Å². The van der Waals surface area contributed by atoms with Crippen molar-refractivity contribution in [1.29, 1.82) is 0 Å². The highest BCUT2D eigenvalue weighted by Gasteiger charge is 2.43. The molecule has 0 bridgehead atoms. The van der Waals surface area contributed by atoms with E-state index in [1.54, 1.807) is 0 Å². The molecule has 2 aliphatic rings. The maximum absolute atomic E-state index is 2.51. The Bertz CT molecular complexity index is 2010. The van der Waals surface area contributed by atoms with Crippen molar-refractivity contribution in [2.24, 2.45) is 0 Å². The molecule has 0 amide bonds. The molecule has 2 aliphatic carbocycles. The van der Waals surface area contributed by atoms with Gasteiger partial charge in [0, 0.05) is 39.4 Å². The molecule has 0 radical (unpaired) electrons. The number of allylic oxidation sites excluding steroid dienone is 4. The first-order valence-corrected chi connectivity index (χ1v) is 16.2. The molecule has 1 unspecified atom stereocenters. The number of anilines is 5. The van der Waals surface area contributed by atoms with Crippen LogP contribution in [0.5, 0.6) is 0 Å². The minimum Gasteiger partial charge on any atom is -0.314 e. The summed E-state index contributed by atoms with van der Waals surface area (Å²) in [6.07, 6.45) is 8.76. The average Bonchev–Trinajstić information content (AvgIpc) is 3.40. The molecular weight excluding hydrogens is 556 g/mol. The fourth-order valence-electron chi connectivity index (χ4n) is 7.37. The summed E-state index contributed by atoms with van der Waals surface area (Å²) in [7, 11) is 0. The molecule has 0 aromatic heterocycles. The summed E-state index contributed by atoms with van der Waals surface area (Å²) in [6.45, 7) is 2.41. The lowest BCUT2D eigenvalue weighted by Crippen LogP contribution is -2.24. The first kappa shape index (κ1) is 27.9. The Balaban J connectivity index is 1.49. The Hall–Kier alpha value is -5.60. The molecule has 6 aromatic rings. The van der Waals surface area contributed by atoms with E-state index in [4.69, 9.17) is 0 Å². The molecule has 6 aromatic carbocycles. The molecule has 2 heteroatoms. The Morgan fingerprint density at radius 3 is 1.65 bits per heavy atom. The molecule has 0 heterocycles. The van der Waals surface area contributed by atoms with Crippen LogP contribution < -0.4 is 9.80 Å². The Kier molecular flexibility index (Phi) is 7.11. The minimum atomic E-state index is -0.347. The normalized spacial score (nSPS) is 16.3. The van der Waals surface area contributed by atoms with Crippen molar-refractivity contribution in [3.63, 3.8) is 0 Å². The number of para-hydroxylation sites is 3. The van der Waals surface area contributed by atoms with Crippen LogP contribution in [-0.2, 0) is 5.41 Å². The van der Waals surface area contributed by atoms with Crippen LogP contribution >= 0.6 is 0 Å². The summed E-state index contributed by atoms with van der Waals surface area (Å²) >= 11 is 0. The standard InChI is InChI=1S/C44H36N2/c1-44(33-19-7-2-8-20-33)40-30-18-17-29-39(40)43-41(44)31-38(45(34-21-9-3-10-22-34)35-23-11-4-12-24-35)32-42(43)46(36-25-13-5-14-26-36)37-27-15-6-16-28-37/h2-15,17-27,29-32H,16,28H2,1H3. The lowest BCUT2D eigenvalue weighted by molar-refractivity contribution is 0.714. The quantitative estimate of drug-likeness (QED) is 0.182. The van der Waals surface area contributed by atoms with Crippen LogP contribution in [-0.4, -0.2) is 0 Å². The largest absolute Gasteiger partial charge is 0.314 e. The fraction of sp³-hybridized carbons (Fsp3) is 0.0909. The van der Waals surface area contributed by atoms with E-state index in [-0.39, 0.29) is 5.41 Å². The van der Waals surface area contributed by atoms with Crippen LogP contribution in [0.2, 0.25) is 0 Å². The maximum Gasteiger partial charge on any atom is 0.0561 e. The fourth-order valence-corrected chi connectivity index (χ4v) is 7.37. The lowest BCUT2D eigenvalue weighted by atomic mass is 9.74. The monoisotopic (exact) mass is 592 g/mol. The van der Waals surface area contributed by atoms with Gasteiger partial charge in [0.25, 0.3) is 0 Å². The summed E-state index contributed by atoms with van der Waals surface area (Å²) in [6, 6.07) is 57.3. The summed E-state index contributed by atoms with van der Waals surface area (Å²) < 4.78 is 0. The van der Waals surface area contributed by atoms with E-state index in [0.29, 0.717) is 0 Å². The van der Waals surface area contributed by atoms with Crippen LogP contribution in [0.15, 0.2) is 182 Å². The van der Waals surface area contributed by atoms with Crippen molar-refractivity contribution in [1.82, 2.24) is 0 Å². The summed E-state index contributed by atoms with van der Waals surface area (Å²) in [4.78, 5) is 4.91. The third-order valence-corrected chi connectivity index (χ3v) is 9.55. The van der Waals surface area contributed by atoms with Gasteiger partial charge in [-0.2, -0.15) is 0 Å². The number of nitrogens with zero attached hydrogens (tertiary/aromatic N) is 2. The molecule has 0 aliphatic heterocycles. The first-order valence-electron chi connectivity index (χ1n) is 16.2. The van der Waals surface area contributed by atoms with Gasteiger partial charge in [0.1, 0.15) is 0 Å². The second-order valence-corrected chi connectivity index (χ2v) is 12.2. The SMILES string of the molecule is CC1(c2ccccc2)c2ccccc2-c2c(N(C3=CC=CCC3)c3ccccc3)cc(N(c3ccccc3)c3ccccc3)cc21. The Labute approximate surface area is 272 Å². The zero-order valence-corrected chi connectivity index (χ0v) is 26.1. The molecule has 0 saturated heterocycles. The summed E-state index contributed by atoms with van der Waals surface area (Å²) in [5.74, 6) is 0. The second kappa shape index (κ2) is 11.7. The molecule has 1 atom stereocenters. The molecule has 8 rings (SSSR count). The number of fused-ring (bicyclic) bond motifs is 3. The summed E-state index contributed by atoms with van der Waals surface area (Å²) in [5.41, 5.74) is 13.2. The van der Waals surface area contributed by atoms with Crippen LogP contribution in [0, 0.1) is 0 Å². The van der Waals surface area contributed by atoms with Crippen LogP contribution in [0.4, 0.5) is 28.4 Å². The van der Waals surface area contributed by atoms with E-state index in [1.165, 1.54) is 44.9 Å². The van der Waals surface area contributed by atoms with E-state index in [1.807, 2.05) is 0 Å². The van der Waals surface area contributed by atoms with Crippen molar-refractivity contribution in [2.75, 3.05) is 9.80 Å². The molecule has 0 saturated carbocycles.